The van der Waals surface area contributed by atoms with Gasteiger partial charge in [0.1, 0.15) is 0 Å². The Labute approximate surface area is 126 Å². The molecule has 112 valence electrons. The van der Waals surface area contributed by atoms with Gasteiger partial charge in [-0.3, -0.25) is 9.48 Å². The second-order valence-corrected chi connectivity index (χ2v) is 5.28. The number of benzene rings is 1. The molecule has 2 rings (SSSR count). The second kappa shape index (κ2) is 7.07. The molecule has 4 heteroatoms. The summed E-state index contributed by atoms with van der Waals surface area (Å²) in [5.41, 5.74) is 2.86. The lowest BCUT2D eigenvalue weighted by Crippen LogP contribution is -2.32. The smallest absolute Gasteiger partial charge is 0.254 e. The summed E-state index contributed by atoms with van der Waals surface area (Å²) in [4.78, 5) is 12.3. The molecular weight excluding hydrogens is 262 g/mol. The molecule has 0 bridgehead atoms. The lowest BCUT2D eigenvalue weighted by molar-refractivity contribution is 0.0938. The summed E-state index contributed by atoms with van der Waals surface area (Å²) in [6.45, 7) is 6.82. The molecule has 1 aromatic carbocycles. The second-order valence-electron chi connectivity index (χ2n) is 5.28. The van der Waals surface area contributed by atoms with Crippen LogP contribution in [-0.2, 0) is 13.0 Å². The van der Waals surface area contributed by atoms with E-state index in [0.717, 1.165) is 18.5 Å². The van der Waals surface area contributed by atoms with E-state index in [9.17, 15) is 4.79 Å². The summed E-state index contributed by atoms with van der Waals surface area (Å²) in [7, 11) is 0. The van der Waals surface area contributed by atoms with Crippen molar-refractivity contribution in [1.29, 1.82) is 0 Å². The highest BCUT2D eigenvalue weighted by Gasteiger charge is 2.17. The van der Waals surface area contributed by atoms with Gasteiger partial charge in [0.15, 0.2) is 0 Å². The van der Waals surface area contributed by atoms with Gasteiger partial charge in [-0.15, -0.1) is 0 Å². The third-order valence-electron chi connectivity index (χ3n) is 3.69. The van der Waals surface area contributed by atoms with Crippen LogP contribution in [0.1, 0.15) is 48.8 Å². The van der Waals surface area contributed by atoms with Crippen molar-refractivity contribution in [2.75, 3.05) is 0 Å². The minimum absolute atomic E-state index is 0.0273. The molecule has 0 fully saturated rings. The number of carbonyl (C=O) groups excluding carboxylic acids is 1. The molecule has 21 heavy (non-hydrogen) atoms. The largest absolute Gasteiger partial charge is 0.349 e. The molecule has 1 heterocycles. The SMILES string of the molecule is CCc1c(C(=O)NC(C)CC)cnn1Cc1ccccc1. The van der Waals surface area contributed by atoms with E-state index in [1.807, 2.05) is 29.8 Å². The van der Waals surface area contributed by atoms with E-state index in [1.165, 1.54) is 5.56 Å². The molecule has 0 saturated carbocycles. The van der Waals surface area contributed by atoms with E-state index in [1.54, 1.807) is 6.20 Å². The summed E-state index contributed by atoms with van der Waals surface area (Å²) in [6, 6.07) is 10.3. The first-order chi connectivity index (χ1) is 10.2. The fraction of sp³-hybridized carbons (Fsp3) is 0.412. The zero-order chi connectivity index (χ0) is 15.2. The molecule has 4 nitrogen and oxygen atoms in total. The highest BCUT2D eigenvalue weighted by Crippen LogP contribution is 2.12. The number of hydrogen-bond acceptors (Lipinski definition) is 2. The maximum Gasteiger partial charge on any atom is 0.254 e. The van der Waals surface area contributed by atoms with Crippen LogP contribution in [0.15, 0.2) is 36.5 Å². The predicted molar refractivity (Wildman–Crippen MR) is 84.4 cm³/mol. The molecule has 0 saturated heterocycles. The van der Waals surface area contributed by atoms with Crippen molar-refractivity contribution in [3.8, 4) is 0 Å². The normalized spacial score (nSPS) is 12.1. The summed E-state index contributed by atoms with van der Waals surface area (Å²) in [6.07, 6.45) is 3.39. The van der Waals surface area contributed by atoms with Gasteiger partial charge in [0.05, 0.1) is 24.0 Å². The van der Waals surface area contributed by atoms with Crippen molar-refractivity contribution in [2.24, 2.45) is 0 Å². The molecule has 1 N–H and O–H groups in total. The third kappa shape index (κ3) is 3.72. The van der Waals surface area contributed by atoms with Gasteiger partial charge in [-0.25, -0.2) is 0 Å². The van der Waals surface area contributed by atoms with Crippen molar-refractivity contribution in [3.63, 3.8) is 0 Å². The molecule has 2 aromatic rings. The van der Waals surface area contributed by atoms with Gasteiger partial charge in [-0.2, -0.15) is 5.10 Å². The van der Waals surface area contributed by atoms with E-state index in [-0.39, 0.29) is 11.9 Å². The minimum Gasteiger partial charge on any atom is -0.349 e. The van der Waals surface area contributed by atoms with Crippen LogP contribution in [0.4, 0.5) is 0 Å². The van der Waals surface area contributed by atoms with Crippen LogP contribution in [0.5, 0.6) is 0 Å². The fourth-order valence-corrected chi connectivity index (χ4v) is 2.27. The van der Waals surface area contributed by atoms with Crippen molar-refractivity contribution in [2.45, 2.75) is 46.2 Å². The maximum absolute atomic E-state index is 12.3. The van der Waals surface area contributed by atoms with Crippen molar-refractivity contribution >= 4 is 5.91 Å². The number of nitrogens with one attached hydrogen (secondary N) is 1. The molecule has 0 radical (unpaired) electrons. The Morgan fingerprint density at radius 1 is 1.29 bits per heavy atom. The van der Waals surface area contributed by atoms with E-state index >= 15 is 0 Å². The van der Waals surface area contributed by atoms with Crippen LogP contribution in [0.3, 0.4) is 0 Å². The Kier molecular flexibility index (Phi) is 5.14. The average Bonchev–Trinajstić information content (AvgIpc) is 2.90. The van der Waals surface area contributed by atoms with Crippen LogP contribution in [0, 0.1) is 0 Å². The highest BCUT2D eigenvalue weighted by molar-refractivity contribution is 5.95. The zero-order valence-corrected chi connectivity index (χ0v) is 13.0. The lowest BCUT2D eigenvalue weighted by atomic mass is 10.1. The van der Waals surface area contributed by atoms with Gasteiger partial charge < -0.3 is 5.32 Å². The lowest BCUT2D eigenvalue weighted by Gasteiger charge is -2.12. The Hall–Kier alpha value is -2.10. The molecule has 1 atom stereocenters. The quantitative estimate of drug-likeness (QED) is 0.887. The Morgan fingerprint density at radius 2 is 2.00 bits per heavy atom. The molecular formula is C17H23N3O. The monoisotopic (exact) mass is 285 g/mol. The van der Waals surface area contributed by atoms with Crippen molar-refractivity contribution < 1.29 is 4.79 Å². The number of hydrogen-bond donors (Lipinski definition) is 1. The van der Waals surface area contributed by atoms with Gasteiger partial charge in [-0.05, 0) is 25.3 Å². The Bertz CT molecular complexity index is 589. The Morgan fingerprint density at radius 3 is 2.62 bits per heavy atom. The summed E-state index contributed by atoms with van der Waals surface area (Å²) in [5, 5.41) is 7.40. The Balaban J connectivity index is 2.20. The minimum atomic E-state index is -0.0273. The molecule has 1 unspecified atom stereocenters. The molecule has 0 spiro atoms. The van der Waals surface area contributed by atoms with Crippen LogP contribution >= 0.6 is 0 Å². The van der Waals surface area contributed by atoms with Crippen LogP contribution in [0.25, 0.3) is 0 Å². The average molecular weight is 285 g/mol. The number of amides is 1. The van der Waals surface area contributed by atoms with E-state index < -0.39 is 0 Å². The fourth-order valence-electron chi connectivity index (χ4n) is 2.27. The number of carbonyl (C=O) groups is 1. The molecule has 1 amide bonds. The van der Waals surface area contributed by atoms with Gasteiger partial charge in [0, 0.05) is 6.04 Å². The summed E-state index contributed by atoms with van der Waals surface area (Å²) >= 11 is 0. The number of rotatable bonds is 6. The number of nitrogens with zero attached hydrogens (tertiary/aromatic N) is 2. The zero-order valence-electron chi connectivity index (χ0n) is 13.0. The van der Waals surface area contributed by atoms with Crippen LogP contribution < -0.4 is 5.32 Å². The standard InChI is InChI=1S/C17H23N3O/c1-4-13(3)19-17(21)15-11-18-20(16(15)5-2)12-14-9-7-6-8-10-14/h6-11,13H,4-5,12H2,1-3H3,(H,19,21). The highest BCUT2D eigenvalue weighted by atomic mass is 16.1. The van der Waals surface area contributed by atoms with Gasteiger partial charge in [0.25, 0.3) is 5.91 Å². The van der Waals surface area contributed by atoms with Crippen molar-refractivity contribution in [3.05, 3.63) is 53.3 Å². The third-order valence-corrected chi connectivity index (χ3v) is 3.69. The van der Waals surface area contributed by atoms with Gasteiger partial charge >= 0.3 is 0 Å². The van der Waals surface area contributed by atoms with Gasteiger partial charge in [-0.1, -0.05) is 44.2 Å². The first-order valence-corrected chi connectivity index (χ1v) is 7.55. The van der Waals surface area contributed by atoms with Crippen molar-refractivity contribution in [1.82, 2.24) is 15.1 Å². The molecule has 1 aromatic heterocycles. The maximum atomic E-state index is 12.3. The summed E-state index contributed by atoms with van der Waals surface area (Å²) < 4.78 is 1.92. The summed E-state index contributed by atoms with van der Waals surface area (Å²) in [5.74, 6) is -0.0273. The predicted octanol–water partition coefficient (Wildman–Crippen LogP) is 3.02. The van der Waals surface area contributed by atoms with Crippen LogP contribution in [0.2, 0.25) is 0 Å². The van der Waals surface area contributed by atoms with Crippen LogP contribution in [-0.4, -0.2) is 21.7 Å². The molecule has 0 aliphatic heterocycles. The first kappa shape index (κ1) is 15.3. The van der Waals surface area contributed by atoms with E-state index in [0.29, 0.717) is 12.1 Å². The molecule has 0 aliphatic rings. The van der Waals surface area contributed by atoms with E-state index in [4.69, 9.17) is 0 Å². The van der Waals surface area contributed by atoms with E-state index in [2.05, 4.69) is 36.4 Å². The number of aromatic nitrogens is 2. The van der Waals surface area contributed by atoms with Gasteiger partial charge in [0.2, 0.25) is 0 Å². The topological polar surface area (TPSA) is 46.9 Å². The first-order valence-electron chi connectivity index (χ1n) is 7.55. The molecule has 0 aliphatic carbocycles.